The molecule has 2 rings (SSSR count). The maximum Gasteiger partial charge on any atom is 0.223 e. The number of amides is 1. The number of nitrogens with two attached hydrogens (primary N) is 1. The lowest BCUT2D eigenvalue weighted by Gasteiger charge is -2.36. The van der Waals surface area contributed by atoms with Crippen molar-refractivity contribution in [2.45, 2.75) is 26.7 Å². The fourth-order valence-corrected chi connectivity index (χ4v) is 2.81. The number of benzene rings is 1. The molecule has 1 atom stereocenters. The number of rotatable bonds is 5. The van der Waals surface area contributed by atoms with Crippen molar-refractivity contribution in [2.24, 2.45) is 11.7 Å². The molecule has 1 aliphatic rings. The number of anilines is 1. The molecule has 0 aromatic heterocycles. The molecular weight excluding hydrogens is 262 g/mol. The van der Waals surface area contributed by atoms with Crippen molar-refractivity contribution >= 4 is 11.6 Å². The minimum atomic E-state index is 0.260. The van der Waals surface area contributed by atoms with Crippen molar-refractivity contribution in [1.82, 2.24) is 4.90 Å². The molecule has 0 saturated carbocycles. The van der Waals surface area contributed by atoms with E-state index in [4.69, 9.17) is 5.73 Å². The number of nitrogens with zero attached hydrogens (tertiary/aromatic N) is 2. The zero-order chi connectivity index (χ0) is 15.2. The summed E-state index contributed by atoms with van der Waals surface area (Å²) in [5.74, 6) is 0.587. The van der Waals surface area contributed by atoms with Crippen LogP contribution >= 0.6 is 0 Å². The number of hydrogen-bond acceptors (Lipinski definition) is 3. The molecule has 0 spiro atoms. The summed E-state index contributed by atoms with van der Waals surface area (Å²) < 4.78 is 0. The van der Waals surface area contributed by atoms with Crippen LogP contribution in [0.4, 0.5) is 5.69 Å². The Morgan fingerprint density at radius 1 is 1.29 bits per heavy atom. The summed E-state index contributed by atoms with van der Waals surface area (Å²) in [6.07, 6.45) is 1.57. The molecule has 1 amide bonds. The van der Waals surface area contributed by atoms with Gasteiger partial charge in [0.15, 0.2) is 0 Å². The lowest BCUT2D eigenvalue weighted by molar-refractivity contribution is -0.132. The highest BCUT2D eigenvalue weighted by atomic mass is 16.2. The fourth-order valence-electron chi connectivity index (χ4n) is 2.81. The first-order valence-electron chi connectivity index (χ1n) is 7.93. The average molecular weight is 289 g/mol. The van der Waals surface area contributed by atoms with Crippen molar-refractivity contribution in [3.05, 3.63) is 29.8 Å². The maximum atomic E-state index is 12.3. The Morgan fingerprint density at radius 2 is 2.00 bits per heavy atom. The summed E-state index contributed by atoms with van der Waals surface area (Å²) in [7, 11) is 0. The van der Waals surface area contributed by atoms with Gasteiger partial charge >= 0.3 is 0 Å². The normalized spacial score (nSPS) is 16.9. The predicted octanol–water partition coefficient (Wildman–Crippen LogP) is 2.02. The smallest absolute Gasteiger partial charge is 0.223 e. The molecule has 0 bridgehead atoms. The van der Waals surface area contributed by atoms with Crippen molar-refractivity contribution in [2.75, 3.05) is 37.6 Å². The van der Waals surface area contributed by atoms with E-state index in [9.17, 15) is 4.79 Å². The summed E-state index contributed by atoms with van der Waals surface area (Å²) in [6, 6.07) is 8.56. The number of hydrogen-bond donors (Lipinski definition) is 1. The second-order valence-corrected chi connectivity index (χ2v) is 5.92. The molecule has 1 aliphatic heterocycles. The van der Waals surface area contributed by atoms with E-state index in [0.29, 0.717) is 18.9 Å². The highest BCUT2D eigenvalue weighted by Gasteiger charge is 2.22. The van der Waals surface area contributed by atoms with Crippen molar-refractivity contribution in [3.63, 3.8) is 0 Å². The van der Waals surface area contributed by atoms with Gasteiger partial charge in [-0.05, 0) is 37.1 Å². The van der Waals surface area contributed by atoms with E-state index >= 15 is 0 Å². The number of carbonyl (C=O) groups is 1. The predicted molar refractivity (Wildman–Crippen MR) is 87.4 cm³/mol. The lowest BCUT2D eigenvalue weighted by atomic mass is 10.0. The topological polar surface area (TPSA) is 49.6 Å². The number of carbonyl (C=O) groups excluding carboxylic acids is 1. The van der Waals surface area contributed by atoms with Crippen LogP contribution in [-0.4, -0.2) is 43.5 Å². The summed E-state index contributed by atoms with van der Waals surface area (Å²) >= 11 is 0. The van der Waals surface area contributed by atoms with E-state index in [1.165, 1.54) is 11.3 Å². The second-order valence-electron chi connectivity index (χ2n) is 5.92. The van der Waals surface area contributed by atoms with Crippen LogP contribution < -0.4 is 10.6 Å². The molecule has 4 heteroatoms. The SMILES string of the molecule is CCC(CN)CC(=O)N1CCN(c2cccc(C)c2)CC1. The van der Waals surface area contributed by atoms with Crippen LogP contribution in [0.5, 0.6) is 0 Å². The van der Waals surface area contributed by atoms with Gasteiger partial charge in [-0.15, -0.1) is 0 Å². The van der Waals surface area contributed by atoms with Crippen LogP contribution in [0, 0.1) is 12.8 Å². The number of piperazine rings is 1. The van der Waals surface area contributed by atoms with E-state index in [-0.39, 0.29) is 5.91 Å². The molecule has 21 heavy (non-hydrogen) atoms. The van der Waals surface area contributed by atoms with Gasteiger partial charge in [-0.25, -0.2) is 0 Å². The van der Waals surface area contributed by atoms with Gasteiger partial charge in [0.25, 0.3) is 0 Å². The van der Waals surface area contributed by atoms with Gasteiger partial charge in [-0.2, -0.15) is 0 Å². The molecule has 1 heterocycles. The fraction of sp³-hybridized carbons (Fsp3) is 0.588. The van der Waals surface area contributed by atoms with E-state index in [1.54, 1.807) is 0 Å². The van der Waals surface area contributed by atoms with Crippen LogP contribution in [0.2, 0.25) is 0 Å². The second kappa shape index (κ2) is 7.46. The monoisotopic (exact) mass is 289 g/mol. The standard InChI is InChI=1S/C17H27N3O/c1-3-15(13-18)12-17(21)20-9-7-19(8-10-20)16-6-4-5-14(2)11-16/h4-6,11,15H,3,7-10,12-13,18H2,1-2H3. The molecule has 1 aromatic rings. The Morgan fingerprint density at radius 3 is 2.57 bits per heavy atom. The third kappa shape index (κ3) is 4.21. The summed E-state index contributed by atoms with van der Waals surface area (Å²) in [4.78, 5) is 16.6. The molecule has 1 aromatic carbocycles. The highest BCUT2D eigenvalue weighted by molar-refractivity contribution is 5.76. The van der Waals surface area contributed by atoms with Gasteiger partial charge in [0, 0.05) is 38.3 Å². The Kier molecular flexibility index (Phi) is 5.62. The minimum Gasteiger partial charge on any atom is -0.368 e. The summed E-state index contributed by atoms with van der Waals surface area (Å²) in [5, 5.41) is 0. The van der Waals surface area contributed by atoms with E-state index in [1.807, 2.05) is 4.90 Å². The van der Waals surface area contributed by atoms with Crippen LogP contribution in [0.25, 0.3) is 0 Å². The van der Waals surface area contributed by atoms with Crippen molar-refractivity contribution in [3.8, 4) is 0 Å². The molecular formula is C17H27N3O. The Balaban J connectivity index is 1.87. The summed E-state index contributed by atoms with van der Waals surface area (Å²) in [6.45, 7) is 8.26. The Labute approximate surface area is 127 Å². The molecule has 116 valence electrons. The first-order valence-corrected chi connectivity index (χ1v) is 7.93. The Bertz CT molecular complexity index is 463. The first-order chi connectivity index (χ1) is 10.1. The third-order valence-electron chi connectivity index (χ3n) is 4.37. The number of aryl methyl sites for hydroxylation is 1. The largest absolute Gasteiger partial charge is 0.368 e. The highest BCUT2D eigenvalue weighted by Crippen LogP contribution is 2.18. The third-order valence-corrected chi connectivity index (χ3v) is 4.37. The van der Waals surface area contributed by atoms with Gasteiger partial charge < -0.3 is 15.5 Å². The average Bonchev–Trinajstić information content (AvgIpc) is 2.52. The van der Waals surface area contributed by atoms with E-state index in [0.717, 1.165) is 32.6 Å². The molecule has 4 nitrogen and oxygen atoms in total. The van der Waals surface area contributed by atoms with E-state index in [2.05, 4.69) is 43.0 Å². The Hall–Kier alpha value is -1.55. The summed E-state index contributed by atoms with van der Waals surface area (Å²) in [5.41, 5.74) is 8.23. The quantitative estimate of drug-likeness (QED) is 0.902. The van der Waals surface area contributed by atoms with Crippen LogP contribution in [0.1, 0.15) is 25.3 Å². The molecule has 0 aliphatic carbocycles. The van der Waals surface area contributed by atoms with Crippen LogP contribution in [0.3, 0.4) is 0 Å². The molecule has 1 saturated heterocycles. The maximum absolute atomic E-state index is 12.3. The molecule has 1 unspecified atom stereocenters. The van der Waals surface area contributed by atoms with Gasteiger partial charge in [0.05, 0.1) is 0 Å². The van der Waals surface area contributed by atoms with Gasteiger partial charge in [0.2, 0.25) is 5.91 Å². The first kappa shape index (κ1) is 15.8. The zero-order valence-electron chi connectivity index (χ0n) is 13.2. The van der Waals surface area contributed by atoms with Crippen molar-refractivity contribution < 1.29 is 4.79 Å². The molecule has 2 N–H and O–H groups in total. The lowest BCUT2D eigenvalue weighted by Crippen LogP contribution is -2.49. The van der Waals surface area contributed by atoms with Crippen LogP contribution in [-0.2, 0) is 4.79 Å². The minimum absolute atomic E-state index is 0.260. The van der Waals surface area contributed by atoms with Gasteiger partial charge in [-0.3, -0.25) is 4.79 Å². The zero-order valence-corrected chi connectivity index (χ0v) is 13.2. The van der Waals surface area contributed by atoms with Gasteiger partial charge in [0.1, 0.15) is 0 Å². The van der Waals surface area contributed by atoms with Crippen molar-refractivity contribution in [1.29, 1.82) is 0 Å². The molecule has 1 fully saturated rings. The van der Waals surface area contributed by atoms with Crippen LogP contribution in [0.15, 0.2) is 24.3 Å². The van der Waals surface area contributed by atoms with E-state index < -0.39 is 0 Å². The van der Waals surface area contributed by atoms with Gasteiger partial charge in [-0.1, -0.05) is 25.5 Å². The molecule has 0 radical (unpaired) electrons.